The second kappa shape index (κ2) is 6.24. The first kappa shape index (κ1) is 11.9. The fraction of sp³-hybridized carbons (Fsp3) is 0.923. The van der Waals surface area contributed by atoms with Crippen molar-refractivity contribution >= 4 is 5.91 Å². The van der Waals surface area contributed by atoms with E-state index < -0.39 is 0 Å². The van der Waals surface area contributed by atoms with Gasteiger partial charge in [-0.15, -0.1) is 0 Å². The minimum Gasteiger partial charge on any atom is -0.355 e. The Morgan fingerprint density at radius 3 is 2.56 bits per heavy atom. The van der Waals surface area contributed by atoms with Gasteiger partial charge in [0.25, 0.3) is 0 Å². The Labute approximate surface area is 98.4 Å². The van der Waals surface area contributed by atoms with Crippen LogP contribution in [-0.2, 0) is 4.79 Å². The van der Waals surface area contributed by atoms with Gasteiger partial charge in [-0.3, -0.25) is 4.79 Å². The number of rotatable bonds is 4. The number of hydrogen-bond donors (Lipinski definition) is 2. The Bertz CT molecular complexity index is 218. The first-order valence-corrected chi connectivity index (χ1v) is 6.87. The maximum atomic E-state index is 11.8. The zero-order valence-corrected chi connectivity index (χ0v) is 10.1. The third-order valence-electron chi connectivity index (χ3n) is 3.95. The van der Waals surface area contributed by atoms with E-state index >= 15 is 0 Å². The number of carbonyl (C=O) groups is 1. The van der Waals surface area contributed by atoms with Gasteiger partial charge in [0, 0.05) is 6.54 Å². The Kier molecular flexibility index (Phi) is 4.64. The highest BCUT2D eigenvalue weighted by molar-refractivity contribution is 5.81. The fourth-order valence-corrected chi connectivity index (χ4v) is 2.90. The SMILES string of the molecule is O=C(NCCC1CCCC1)C1CCCCN1. The molecule has 0 aromatic heterocycles. The molecule has 2 aliphatic rings. The maximum absolute atomic E-state index is 11.8. The molecule has 0 bridgehead atoms. The van der Waals surface area contributed by atoms with Crippen LogP contribution in [0.2, 0.25) is 0 Å². The lowest BCUT2D eigenvalue weighted by Gasteiger charge is -2.22. The third kappa shape index (κ3) is 3.48. The van der Waals surface area contributed by atoms with Crippen molar-refractivity contribution in [2.24, 2.45) is 5.92 Å². The number of nitrogens with one attached hydrogen (secondary N) is 2. The topological polar surface area (TPSA) is 41.1 Å². The molecule has 0 aromatic rings. The molecule has 1 atom stereocenters. The van der Waals surface area contributed by atoms with Gasteiger partial charge in [-0.1, -0.05) is 32.1 Å². The van der Waals surface area contributed by atoms with Gasteiger partial charge >= 0.3 is 0 Å². The van der Waals surface area contributed by atoms with Gasteiger partial charge in [0.05, 0.1) is 6.04 Å². The molecule has 1 saturated heterocycles. The molecule has 0 spiro atoms. The van der Waals surface area contributed by atoms with Crippen LogP contribution in [0.15, 0.2) is 0 Å². The lowest BCUT2D eigenvalue weighted by molar-refractivity contribution is -0.123. The summed E-state index contributed by atoms with van der Waals surface area (Å²) in [5.41, 5.74) is 0. The van der Waals surface area contributed by atoms with Gasteiger partial charge in [0.1, 0.15) is 0 Å². The van der Waals surface area contributed by atoms with Crippen molar-refractivity contribution in [3.05, 3.63) is 0 Å². The van der Waals surface area contributed by atoms with Crippen LogP contribution < -0.4 is 10.6 Å². The minimum atomic E-state index is 0.0809. The van der Waals surface area contributed by atoms with E-state index in [1.807, 2.05) is 0 Å². The van der Waals surface area contributed by atoms with E-state index in [4.69, 9.17) is 0 Å². The molecule has 2 N–H and O–H groups in total. The average Bonchev–Trinajstić information content (AvgIpc) is 2.83. The molecule has 0 radical (unpaired) electrons. The molecule has 1 aliphatic heterocycles. The van der Waals surface area contributed by atoms with E-state index in [1.165, 1.54) is 44.9 Å². The summed E-state index contributed by atoms with van der Waals surface area (Å²) >= 11 is 0. The minimum absolute atomic E-state index is 0.0809. The van der Waals surface area contributed by atoms with Gasteiger partial charge in [-0.25, -0.2) is 0 Å². The van der Waals surface area contributed by atoms with E-state index in [1.54, 1.807) is 0 Å². The van der Waals surface area contributed by atoms with Crippen molar-refractivity contribution in [3.63, 3.8) is 0 Å². The number of amides is 1. The zero-order chi connectivity index (χ0) is 11.2. The summed E-state index contributed by atoms with van der Waals surface area (Å²) in [4.78, 5) is 11.8. The monoisotopic (exact) mass is 224 g/mol. The van der Waals surface area contributed by atoms with Crippen LogP contribution in [-0.4, -0.2) is 25.0 Å². The molecule has 92 valence electrons. The van der Waals surface area contributed by atoms with Crippen molar-refractivity contribution in [3.8, 4) is 0 Å². The predicted octanol–water partition coefficient (Wildman–Crippen LogP) is 1.82. The van der Waals surface area contributed by atoms with Gasteiger partial charge in [-0.2, -0.15) is 0 Å². The van der Waals surface area contributed by atoms with Crippen molar-refractivity contribution in [1.29, 1.82) is 0 Å². The quantitative estimate of drug-likeness (QED) is 0.765. The first-order valence-electron chi connectivity index (χ1n) is 6.87. The van der Waals surface area contributed by atoms with E-state index in [0.717, 1.165) is 25.4 Å². The predicted molar refractivity (Wildman–Crippen MR) is 65.2 cm³/mol. The molecule has 1 heterocycles. The molecule has 2 rings (SSSR count). The van der Waals surface area contributed by atoms with E-state index in [0.29, 0.717) is 0 Å². The molecular formula is C13H24N2O. The summed E-state index contributed by atoms with van der Waals surface area (Å²) in [6.07, 6.45) is 10.1. The molecule has 3 nitrogen and oxygen atoms in total. The second-order valence-electron chi connectivity index (χ2n) is 5.23. The molecule has 1 amide bonds. The van der Waals surface area contributed by atoms with Crippen molar-refractivity contribution < 1.29 is 4.79 Å². The Hall–Kier alpha value is -0.570. The molecule has 1 aliphatic carbocycles. The molecule has 3 heteroatoms. The van der Waals surface area contributed by atoms with Crippen molar-refractivity contribution in [2.45, 2.75) is 57.4 Å². The number of piperidine rings is 1. The number of carbonyl (C=O) groups excluding carboxylic acids is 1. The van der Waals surface area contributed by atoms with Crippen LogP contribution in [0, 0.1) is 5.92 Å². The van der Waals surface area contributed by atoms with E-state index in [2.05, 4.69) is 10.6 Å². The standard InChI is InChI=1S/C13H24N2O/c16-13(12-7-3-4-9-14-12)15-10-8-11-5-1-2-6-11/h11-12,14H,1-10H2,(H,15,16). The van der Waals surface area contributed by atoms with Crippen LogP contribution in [0.5, 0.6) is 0 Å². The molecular weight excluding hydrogens is 200 g/mol. The van der Waals surface area contributed by atoms with E-state index in [-0.39, 0.29) is 11.9 Å². The van der Waals surface area contributed by atoms with Crippen LogP contribution in [0.4, 0.5) is 0 Å². The van der Waals surface area contributed by atoms with Gasteiger partial charge in [-0.05, 0) is 31.7 Å². The zero-order valence-electron chi connectivity index (χ0n) is 10.1. The summed E-state index contributed by atoms with van der Waals surface area (Å²) < 4.78 is 0. The van der Waals surface area contributed by atoms with Gasteiger partial charge in [0.15, 0.2) is 0 Å². The molecule has 1 saturated carbocycles. The summed E-state index contributed by atoms with van der Waals surface area (Å²) in [7, 11) is 0. The second-order valence-corrected chi connectivity index (χ2v) is 5.23. The lowest BCUT2D eigenvalue weighted by atomic mass is 10.0. The summed E-state index contributed by atoms with van der Waals surface area (Å²) in [5.74, 6) is 1.09. The van der Waals surface area contributed by atoms with Crippen LogP contribution >= 0.6 is 0 Å². The smallest absolute Gasteiger partial charge is 0.237 e. The third-order valence-corrected chi connectivity index (χ3v) is 3.95. The van der Waals surface area contributed by atoms with Crippen LogP contribution in [0.25, 0.3) is 0 Å². The average molecular weight is 224 g/mol. The van der Waals surface area contributed by atoms with Crippen molar-refractivity contribution in [1.82, 2.24) is 10.6 Å². The van der Waals surface area contributed by atoms with Gasteiger partial charge in [0.2, 0.25) is 5.91 Å². The van der Waals surface area contributed by atoms with Gasteiger partial charge < -0.3 is 10.6 Å². The summed E-state index contributed by atoms with van der Waals surface area (Å²) in [5, 5.41) is 6.36. The largest absolute Gasteiger partial charge is 0.355 e. The Morgan fingerprint density at radius 1 is 1.12 bits per heavy atom. The molecule has 2 fully saturated rings. The first-order chi connectivity index (χ1) is 7.86. The lowest BCUT2D eigenvalue weighted by Crippen LogP contribution is -2.46. The summed E-state index contributed by atoms with van der Waals surface area (Å²) in [6.45, 7) is 1.88. The normalized spacial score (nSPS) is 26.9. The van der Waals surface area contributed by atoms with Crippen LogP contribution in [0.3, 0.4) is 0 Å². The molecule has 0 aromatic carbocycles. The Morgan fingerprint density at radius 2 is 1.88 bits per heavy atom. The highest BCUT2D eigenvalue weighted by atomic mass is 16.2. The highest BCUT2D eigenvalue weighted by Crippen LogP contribution is 2.26. The number of hydrogen-bond acceptors (Lipinski definition) is 2. The van der Waals surface area contributed by atoms with E-state index in [9.17, 15) is 4.79 Å². The highest BCUT2D eigenvalue weighted by Gasteiger charge is 2.20. The molecule has 1 unspecified atom stereocenters. The van der Waals surface area contributed by atoms with Crippen molar-refractivity contribution in [2.75, 3.05) is 13.1 Å². The summed E-state index contributed by atoms with van der Waals surface area (Å²) in [6, 6.07) is 0.0809. The van der Waals surface area contributed by atoms with Crippen LogP contribution in [0.1, 0.15) is 51.4 Å². The maximum Gasteiger partial charge on any atom is 0.237 e. The molecule has 16 heavy (non-hydrogen) atoms. The fourth-order valence-electron chi connectivity index (χ4n) is 2.90. The Balaban J connectivity index is 1.59.